The number of likely N-dealkylation sites (tertiary alicyclic amines) is 1. The molecule has 4 aromatic rings. The van der Waals surface area contributed by atoms with Crippen molar-refractivity contribution < 1.29 is 34.1 Å². The quantitative estimate of drug-likeness (QED) is 0.0542. The molecule has 0 unspecified atom stereocenters. The number of nitrogens with zero attached hydrogens (tertiary/aromatic N) is 5. The number of unbranched alkanes of at least 4 members (excludes halogenated alkanes) is 1. The first-order chi connectivity index (χ1) is 27.2. The second-order valence-electron chi connectivity index (χ2n) is 15.9. The molecule has 6 N–H and O–H groups in total. The minimum Gasteiger partial charge on any atom is -0.382 e. The number of benzene rings is 2. The number of hydroxylamine groups is 2. The third kappa shape index (κ3) is 11.8. The van der Waals surface area contributed by atoms with Crippen molar-refractivity contribution in [2.24, 2.45) is 0 Å². The summed E-state index contributed by atoms with van der Waals surface area (Å²) in [5.74, 6) is 0.894. The van der Waals surface area contributed by atoms with Gasteiger partial charge in [0.15, 0.2) is 11.5 Å². The van der Waals surface area contributed by atoms with E-state index in [4.69, 9.17) is 20.3 Å². The highest BCUT2D eigenvalue weighted by molar-refractivity contribution is 6.06. The number of primary amides is 1. The van der Waals surface area contributed by atoms with Crippen molar-refractivity contribution in [1.82, 2.24) is 35.1 Å². The smallest absolute Gasteiger partial charge is 0.382 e. The van der Waals surface area contributed by atoms with Crippen molar-refractivity contribution in [3.63, 3.8) is 0 Å². The molecule has 1 saturated heterocycles. The molecule has 0 saturated carbocycles. The van der Waals surface area contributed by atoms with E-state index >= 15 is 0 Å². The first kappa shape index (κ1) is 43.2. The van der Waals surface area contributed by atoms with E-state index in [1.54, 1.807) is 18.9 Å². The number of carbonyl (C=O) groups is 4. The zero-order valence-corrected chi connectivity index (χ0v) is 34.4. The molecule has 15 nitrogen and oxygen atoms in total. The van der Waals surface area contributed by atoms with E-state index in [2.05, 4.69) is 57.4 Å². The predicted molar refractivity (Wildman–Crippen MR) is 218 cm³/mol. The lowest BCUT2D eigenvalue weighted by Gasteiger charge is -2.30. The number of amides is 5. The van der Waals surface area contributed by atoms with Crippen molar-refractivity contribution in [2.75, 3.05) is 39.1 Å². The number of nitrogens with two attached hydrogens (primary N) is 2. The lowest BCUT2D eigenvalue weighted by atomic mass is 10.0. The van der Waals surface area contributed by atoms with Gasteiger partial charge >= 0.3 is 6.03 Å². The fraction of sp³-hybridized carbons (Fsp3) is 0.524. The fourth-order valence-electron chi connectivity index (χ4n) is 7.05. The van der Waals surface area contributed by atoms with Crippen molar-refractivity contribution in [1.29, 1.82) is 0 Å². The monoisotopic (exact) mass is 786 g/mol. The molecule has 1 aliphatic rings. The highest BCUT2D eigenvalue weighted by Crippen LogP contribution is 2.30. The zero-order chi connectivity index (χ0) is 41.2. The Morgan fingerprint density at radius 1 is 0.947 bits per heavy atom. The van der Waals surface area contributed by atoms with Gasteiger partial charge in [0.05, 0.1) is 23.2 Å². The van der Waals surface area contributed by atoms with E-state index in [0.29, 0.717) is 51.3 Å². The minimum absolute atomic E-state index is 0.0290. The van der Waals surface area contributed by atoms with E-state index in [9.17, 15) is 19.2 Å². The van der Waals surface area contributed by atoms with E-state index in [1.165, 1.54) is 5.32 Å². The van der Waals surface area contributed by atoms with Gasteiger partial charge in [0.25, 0.3) is 0 Å². The Morgan fingerprint density at radius 3 is 2.37 bits per heavy atom. The number of imidazole rings is 1. The normalized spacial score (nSPS) is 13.7. The number of aromatic nitrogens is 3. The van der Waals surface area contributed by atoms with Gasteiger partial charge in [-0.1, -0.05) is 55.8 Å². The van der Waals surface area contributed by atoms with Crippen LogP contribution in [-0.2, 0) is 43.5 Å². The van der Waals surface area contributed by atoms with Crippen LogP contribution in [0.3, 0.4) is 0 Å². The van der Waals surface area contributed by atoms with Gasteiger partial charge in [0.1, 0.15) is 11.3 Å². The van der Waals surface area contributed by atoms with E-state index in [0.717, 1.165) is 63.1 Å². The maximum absolute atomic E-state index is 12.8. The molecule has 0 aliphatic carbocycles. The molecule has 308 valence electrons. The molecule has 3 heterocycles. The topological polar surface area (TPSA) is 191 Å². The number of urea groups is 1. The molecule has 1 aliphatic heterocycles. The van der Waals surface area contributed by atoms with Crippen LogP contribution in [0, 0.1) is 0 Å². The Labute approximate surface area is 335 Å². The standard InChI is InChI=1S/C42H59N9O6/c1-7-8-14-33-47-37-38(31-12-9-10-13-32(31)46-39(37)43)50(33)28-30-17-15-29(16-18-30)27-45-34(52)21-22-41(2,3)56-25-11-24-49(6)57-26-23-44-40(55)48-42(4,5)51-35(53)19-20-36(51)54/h9-10,12-13,15-18H,7-8,11,14,19-28H2,1-6H3,(H2,43,46)(H,45,52)(H2,44,48,55)/p+1. The highest BCUT2D eigenvalue weighted by atomic mass is 16.7. The Morgan fingerprint density at radius 2 is 1.65 bits per heavy atom. The summed E-state index contributed by atoms with van der Waals surface area (Å²) in [6, 6.07) is 16.0. The van der Waals surface area contributed by atoms with Gasteiger partial charge in [-0.05, 0) is 50.3 Å². The number of para-hydroxylation sites is 1. The second kappa shape index (κ2) is 19.5. The second-order valence-corrected chi connectivity index (χ2v) is 15.9. The van der Waals surface area contributed by atoms with Crippen molar-refractivity contribution >= 4 is 51.5 Å². The maximum atomic E-state index is 12.8. The number of carbonyl (C=O) groups excluding carboxylic acids is 4. The van der Waals surface area contributed by atoms with Gasteiger partial charge in [0.2, 0.25) is 17.7 Å². The van der Waals surface area contributed by atoms with E-state index < -0.39 is 11.3 Å². The van der Waals surface area contributed by atoms with Crippen LogP contribution in [0.5, 0.6) is 0 Å². The molecular weight excluding hydrogens is 727 g/mol. The van der Waals surface area contributed by atoms with Crippen LogP contribution >= 0.6 is 0 Å². The minimum atomic E-state index is -0.999. The number of hydrogen-bond donors (Lipinski definition) is 4. The Balaban J connectivity index is 0.983. The van der Waals surface area contributed by atoms with Gasteiger partial charge in [-0.15, -0.1) is 0 Å². The largest absolute Gasteiger partial charge is 0.415 e. The average molecular weight is 787 g/mol. The molecule has 15 heteroatoms. The molecule has 5 amide bonds. The number of quaternary nitrogens is 1. The van der Waals surface area contributed by atoms with Crippen LogP contribution in [-0.4, -0.2) is 92.9 Å². The molecule has 2 aromatic carbocycles. The molecular formula is C42H60N9O6+. The van der Waals surface area contributed by atoms with E-state index in [1.807, 2.05) is 39.1 Å². The molecule has 0 radical (unpaired) electrons. The first-order valence-corrected chi connectivity index (χ1v) is 20.0. The lowest BCUT2D eigenvalue weighted by molar-refractivity contribution is -0.650. The summed E-state index contributed by atoms with van der Waals surface area (Å²) in [6.07, 6.45) is 4.96. The molecule has 5 rings (SSSR count). The van der Waals surface area contributed by atoms with Crippen LogP contribution in [0.1, 0.15) is 96.5 Å². The van der Waals surface area contributed by atoms with Crippen LogP contribution < -0.4 is 21.7 Å². The van der Waals surface area contributed by atoms with Crippen LogP contribution in [0.15, 0.2) is 48.5 Å². The molecule has 0 bridgehead atoms. The summed E-state index contributed by atoms with van der Waals surface area (Å²) in [5.41, 5.74) is 9.68. The average Bonchev–Trinajstić information content (AvgIpc) is 3.72. The Hall–Kier alpha value is -4.96. The lowest BCUT2D eigenvalue weighted by Crippen LogP contribution is -3.03. The Bertz CT molecular complexity index is 2010. The summed E-state index contributed by atoms with van der Waals surface area (Å²) in [6.45, 7) is 12.2. The predicted octanol–water partition coefficient (Wildman–Crippen LogP) is 4.16. The van der Waals surface area contributed by atoms with Crippen LogP contribution in [0.4, 0.5) is 10.6 Å². The first-order valence-electron chi connectivity index (χ1n) is 20.0. The van der Waals surface area contributed by atoms with Gasteiger partial charge in [-0.25, -0.2) is 25.0 Å². The zero-order valence-electron chi connectivity index (χ0n) is 34.4. The molecule has 1 fully saturated rings. The number of nitrogens with one attached hydrogen (secondary N) is 2. The highest BCUT2D eigenvalue weighted by Gasteiger charge is 2.44. The fourth-order valence-corrected chi connectivity index (χ4v) is 7.05. The van der Waals surface area contributed by atoms with Gasteiger partial charge in [-0.2, -0.15) is 5.06 Å². The van der Waals surface area contributed by atoms with Crippen molar-refractivity contribution in [3.8, 4) is 0 Å². The summed E-state index contributed by atoms with van der Waals surface area (Å²) in [7, 11) is 1.81. The molecule has 0 spiro atoms. The number of nitrogen functional groups attached to an aromatic ring is 1. The van der Waals surface area contributed by atoms with Gasteiger partial charge in [0, 0.05) is 84.8 Å². The number of hydrogen-bond acceptors (Lipinski definition) is 10. The van der Waals surface area contributed by atoms with Gasteiger partial charge < -0.3 is 25.7 Å². The maximum Gasteiger partial charge on any atom is 0.415 e. The van der Waals surface area contributed by atoms with E-state index in [-0.39, 0.29) is 49.7 Å². The third-order valence-corrected chi connectivity index (χ3v) is 10.2. The molecule has 0 atom stereocenters. The summed E-state index contributed by atoms with van der Waals surface area (Å²) < 4.78 is 8.38. The van der Waals surface area contributed by atoms with Crippen molar-refractivity contribution in [2.45, 2.75) is 110 Å². The Kier molecular flexibility index (Phi) is 14.7. The summed E-state index contributed by atoms with van der Waals surface area (Å²) in [4.78, 5) is 65.7. The van der Waals surface area contributed by atoms with Crippen molar-refractivity contribution in [3.05, 3.63) is 65.5 Å². The number of aryl methyl sites for hydroxylation is 1. The molecule has 57 heavy (non-hydrogen) atoms. The number of imide groups is 1. The summed E-state index contributed by atoms with van der Waals surface area (Å²) >= 11 is 0. The molecule has 2 aromatic heterocycles. The number of ether oxygens (including phenoxy) is 1. The van der Waals surface area contributed by atoms with Gasteiger partial charge in [-0.3, -0.25) is 19.2 Å². The number of pyridine rings is 1. The van der Waals surface area contributed by atoms with Crippen LogP contribution in [0.25, 0.3) is 21.9 Å². The third-order valence-electron chi connectivity index (χ3n) is 10.2. The number of fused-ring (bicyclic) bond motifs is 3. The summed E-state index contributed by atoms with van der Waals surface area (Å²) in [5, 5.41) is 9.87. The van der Waals surface area contributed by atoms with Crippen LogP contribution in [0.2, 0.25) is 0 Å². The SMILES string of the molecule is CCCCc1nc2c(N)nc3ccccc3c2n1Cc1ccc(CNC(=O)CCC(C)(C)OCCCN(C)OCCNC(=O)[NH2+]C(C)(C)N2C(=O)CCC2=O)cc1. The number of rotatable bonds is 21. The number of anilines is 1.